The molecule has 30 heavy (non-hydrogen) atoms. The fraction of sp³-hybridized carbons (Fsp3) is 0.500. The van der Waals surface area contributed by atoms with Gasteiger partial charge in [-0.05, 0) is 31.2 Å². The van der Waals surface area contributed by atoms with Crippen molar-refractivity contribution in [2.24, 2.45) is 5.73 Å². The predicted octanol–water partition coefficient (Wildman–Crippen LogP) is 3.78. The zero-order chi connectivity index (χ0) is 21.3. The van der Waals surface area contributed by atoms with E-state index in [-0.39, 0.29) is 18.0 Å². The molecule has 8 nitrogen and oxygen atoms in total. The highest BCUT2D eigenvalue weighted by Gasteiger charge is 2.24. The van der Waals surface area contributed by atoms with E-state index in [1.807, 2.05) is 25.1 Å². The first-order valence-electron chi connectivity index (χ1n) is 10.7. The first-order valence-corrected chi connectivity index (χ1v) is 10.7. The van der Waals surface area contributed by atoms with E-state index in [4.69, 9.17) is 15.7 Å². The molecular weight excluding hydrogens is 378 g/mol. The Morgan fingerprint density at radius 2 is 2.00 bits per heavy atom. The second-order valence-corrected chi connectivity index (χ2v) is 8.52. The highest BCUT2D eigenvalue weighted by molar-refractivity contribution is 5.88. The number of fused-ring (bicyclic) bond motifs is 1. The van der Waals surface area contributed by atoms with E-state index < -0.39 is 0 Å². The molecule has 6 N–H and O–H groups in total. The zero-order valence-corrected chi connectivity index (χ0v) is 17.9. The van der Waals surface area contributed by atoms with Crippen LogP contribution in [0.25, 0.3) is 11.0 Å². The lowest BCUT2D eigenvalue weighted by molar-refractivity contribution is 0.402. The number of aryl methyl sites for hydroxylation is 1. The van der Waals surface area contributed by atoms with Crippen molar-refractivity contribution in [2.75, 3.05) is 10.6 Å². The number of nitrogens with two attached hydrogens (primary N) is 1. The van der Waals surface area contributed by atoms with Gasteiger partial charge in [-0.1, -0.05) is 44.9 Å². The standard InChI is InChI=1S/C22H31N7O/c1-12(2)17-18-19(29-28-17)21(24-11-14-8-6-7-13(3)20(14)30)27-22(26-18)25-16-10-5-4-9-15(16)23/h6-8,12,15-16,30H,4-5,9-11,23H2,1-3H3,(H,28,29)(H2,24,25,26,27). The summed E-state index contributed by atoms with van der Waals surface area (Å²) < 4.78 is 0. The third-order valence-electron chi connectivity index (χ3n) is 5.91. The topological polar surface area (TPSA) is 125 Å². The summed E-state index contributed by atoms with van der Waals surface area (Å²) in [6.45, 7) is 6.54. The fourth-order valence-corrected chi connectivity index (χ4v) is 4.05. The number of aromatic nitrogens is 4. The molecule has 2 aromatic heterocycles. The molecule has 2 heterocycles. The van der Waals surface area contributed by atoms with Crippen LogP contribution in [0.4, 0.5) is 11.8 Å². The molecule has 8 heteroatoms. The lowest BCUT2D eigenvalue weighted by Crippen LogP contribution is -2.43. The van der Waals surface area contributed by atoms with E-state index in [0.717, 1.165) is 41.6 Å². The van der Waals surface area contributed by atoms with Gasteiger partial charge in [-0.15, -0.1) is 0 Å². The van der Waals surface area contributed by atoms with Gasteiger partial charge in [0.25, 0.3) is 0 Å². The summed E-state index contributed by atoms with van der Waals surface area (Å²) in [5.41, 5.74) is 10.5. The van der Waals surface area contributed by atoms with Gasteiger partial charge in [0, 0.05) is 24.2 Å². The van der Waals surface area contributed by atoms with Crippen LogP contribution in [0.1, 0.15) is 62.3 Å². The molecular formula is C22H31N7O. The number of benzene rings is 1. The molecule has 0 spiro atoms. The highest BCUT2D eigenvalue weighted by atomic mass is 16.3. The van der Waals surface area contributed by atoms with Crippen LogP contribution in [-0.2, 0) is 6.54 Å². The molecule has 1 aliphatic rings. The number of aromatic hydroxyl groups is 1. The van der Waals surface area contributed by atoms with Gasteiger partial charge in [-0.2, -0.15) is 10.1 Å². The van der Waals surface area contributed by atoms with Crippen molar-refractivity contribution in [3.05, 3.63) is 35.0 Å². The van der Waals surface area contributed by atoms with Gasteiger partial charge < -0.3 is 21.5 Å². The molecule has 1 aliphatic carbocycles. The van der Waals surface area contributed by atoms with Crippen molar-refractivity contribution in [3.8, 4) is 5.75 Å². The number of aromatic amines is 1. The Labute approximate surface area is 176 Å². The Balaban J connectivity index is 1.67. The van der Waals surface area contributed by atoms with Crippen LogP contribution in [0.15, 0.2) is 18.2 Å². The molecule has 0 amide bonds. The maximum absolute atomic E-state index is 10.3. The summed E-state index contributed by atoms with van der Waals surface area (Å²) in [5.74, 6) is 1.75. The van der Waals surface area contributed by atoms with Gasteiger partial charge in [0.1, 0.15) is 11.3 Å². The summed E-state index contributed by atoms with van der Waals surface area (Å²) in [6.07, 6.45) is 4.37. The maximum Gasteiger partial charge on any atom is 0.225 e. The van der Waals surface area contributed by atoms with Crippen LogP contribution < -0.4 is 16.4 Å². The number of anilines is 2. The summed E-state index contributed by atoms with van der Waals surface area (Å²) in [7, 11) is 0. The Bertz CT molecular complexity index is 1030. The number of rotatable bonds is 6. The number of hydrogen-bond donors (Lipinski definition) is 5. The van der Waals surface area contributed by atoms with E-state index in [9.17, 15) is 5.11 Å². The predicted molar refractivity (Wildman–Crippen MR) is 120 cm³/mol. The Kier molecular flexibility index (Phi) is 5.76. The van der Waals surface area contributed by atoms with Crippen molar-refractivity contribution in [1.82, 2.24) is 20.2 Å². The lowest BCUT2D eigenvalue weighted by atomic mass is 9.91. The number of hydrogen-bond acceptors (Lipinski definition) is 7. The number of phenols is 1. The average molecular weight is 410 g/mol. The molecule has 0 radical (unpaired) electrons. The molecule has 3 aromatic rings. The third kappa shape index (κ3) is 4.05. The molecule has 1 aromatic carbocycles. The van der Waals surface area contributed by atoms with Gasteiger partial charge in [-0.25, -0.2) is 4.98 Å². The number of nitrogens with zero attached hydrogens (tertiary/aromatic N) is 3. The van der Waals surface area contributed by atoms with E-state index in [2.05, 4.69) is 34.7 Å². The average Bonchev–Trinajstić information content (AvgIpc) is 3.15. The maximum atomic E-state index is 10.3. The summed E-state index contributed by atoms with van der Waals surface area (Å²) >= 11 is 0. The minimum absolute atomic E-state index is 0.104. The van der Waals surface area contributed by atoms with Gasteiger partial charge in [0.2, 0.25) is 5.95 Å². The van der Waals surface area contributed by atoms with E-state index in [1.165, 1.54) is 6.42 Å². The van der Waals surface area contributed by atoms with Crippen molar-refractivity contribution in [3.63, 3.8) is 0 Å². The second-order valence-electron chi connectivity index (χ2n) is 8.52. The van der Waals surface area contributed by atoms with Gasteiger partial charge in [0.15, 0.2) is 11.3 Å². The van der Waals surface area contributed by atoms with E-state index in [0.29, 0.717) is 29.6 Å². The first-order chi connectivity index (χ1) is 14.4. The molecule has 0 aliphatic heterocycles. The Morgan fingerprint density at radius 3 is 2.77 bits per heavy atom. The molecule has 1 saturated carbocycles. The van der Waals surface area contributed by atoms with Crippen LogP contribution >= 0.6 is 0 Å². The SMILES string of the molecule is Cc1cccc(CNc2nc(NC3CCCCC3N)nc3c(C(C)C)[nH]nc23)c1O. The monoisotopic (exact) mass is 409 g/mol. The second kappa shape index (κ2) is 8.47. The van der Waals surface area contributed by atoms with Gasteiger partial charge >= 0.3 is 0 Å². The smallest absolute Gasteiger partial charge is 0.225 e. The molecule has 0 saturated heterocycles. The fourth-order valence-electron chi connectivity index (χ4n) is 4.05. The van der Waals surface area contributed by atoms with Crippen LogP contribution in [0.3, 0.4) is 0 Å². The largest absolute Gasteiger partial charge is 0.507 e. The minimum atomic E-state index is 0.104. The number of H-pyrrole nitrogens is 1. The number of nitrogens with one attached hydrogen (secondary N) is 3. The molecule has 160 valence electrons. The van der Waals surface area contributed by atoms with Crippen LogP contribution in [0, 0.1) is 6.92 Å². The Hall–Kier alpha value is -2.87. The molecule has 1 fully saturated rings. The minimum Gasteiger partial charge on any atom is -0.507 e. The van der Waals surface area contributed by atoms with E-state index >= 15 is 0 Å². The van der Waals surface area contributed by atoms with Crippen LogP contribution in [0.5, 0.6) is 5.75 Å². The number of phenolic OH excluding ortho intramolecular Hbond substituents is 1. The zero-order valence-electron chi connectivity index (χ0n) is 17.9. The van der Waals surface area contributed by atoms with Crippen molar-refractivity contribution in [1.29, 1.82) is 0 Å². The molecule has 0 bridgehead atoms. The van der Waals surface area contributed by atoms with Crippen molar-refractivity contribution in [2.45, 2.75) is 71.0 Å². The van der Waals surface area contributed by atoms with Gasteiger partial charge in [-0.3, -0.25) is 5.10 Å². The van der Waals surface area contributed by atoms with E-state index in [1.54, 1.807) is 0 Å². The lowest BCUT2D eigenvalue weighted by Gasteiger charge is -2.29. The third-order valence-corrected chi connectivity index (χ3v) is 5.91. The quantitative estimate of drug-likeness (QED) is 0.419. The molecule has 2 unspecified atom stereocenters. The normalized spacial score (nSPS) is 19.4. The van der Waals surface area contributed by atoms with Crippen molar-refractivity contribution >= 4 is 22.8 Å². The van der Waals surface area contributed by atoms with Crippen molar-refractivity contribution < 1.29 is 5.11 Å². The molecule has 4 rings (SSSR count). The summed E-state index contributed by atoms with van der Waals surface area (Å²) in [4.78, 5) is 9.49. The molecule has 2 atom stereocenters. The van der Waals surface area contributed by atoms with Crippen LogP contribution in [0.2, 0.25) is 0 Å². The summed E-state index contributed by atoms with van der Waals surface area (Å²) in [5, 5.41) is 24.7. The highest BCUT2D eigenvalue weighted by Crippen LogP contribution is 2.29. The number of para-hydroxylation sites is 1. The van der Waals surface area contributed by atoms with Crippen LogP contribution in [-0.4, -0.2) is 37.4 Å². The summed E-state index contributed by atoms with van der Waals surface area (Å²) in [6, 6.07) is 5.99. The Morgan fingerprint density at radius 1 is 1.20 bits per heavy atom. The first kappa shape index (κ1) is 20.4. The van der Waals surface area contributed by atoms with Gasteiger partial charge in [0.05, 0.1) is 5.69 Å².